The summed E-state index contributed by atoms with van der Waals surface area (Å²) in [5.74, 6) is 0.723. The van der Waals surface area contributed by atoms with Gasteiger partial charge in [0.1, 0.15) is 6.10 Å². The van der Waals surface area contributed by atoms with E-state index in [1.807, 2.05) is 6.07 Å². The number of aliphatic hydroxyl groups excluding tert-OH is 1. The number of benzene rings is 2. The first-order valence-electron chi connectivity index (χ1n) is 7.38. The van der Waals surface area contributed by atoms with E-state index in [1.54, 1.807) is 42.5 Å². The molecule has 0 fully saturated rings. The third-order valence-electron chi connectivity index (χ3n) is 3.32. The van der Waals surface area contributed by atoms with Gasteiger partial charge in [-0.05, 0) is 17.7 Å². The molecule has 2 unspecified atom stereocenters. The van der Waals surface area contributed by atoms with E-state index in [0.717, 1.165) is 6.26 Å². The summed E-state index contributed by atoms with van der Waals surface area (Å²) in [4.78, 5) is 0. The van der Waals surface area contributed by atoms with Crippen LogP contribution < -0.4 is 9.47 Å². The number of methoxy groups -OCH3 is 1. The molecule has 6 nitrogen and oxygen atoms in total. The molecule has 0 spiro atoms. The number of halogens is 1. The highest BCUT2D eigenvalue weighted by Crippen LogP contribution is 2.35. The van der Waals surface area contributed by atoms with E-state index in [-0.39, 0.29) is 0 Å². The van der Waals surface area contributed by atoms with Crippen molar-refractivity contribution in [3.63, 3.8) is 0 Å². The van der Waals surface area contributed by atoms with Crippen molar-refractivity contribution in [3.8, 4) is 11.5 Å². The number of hydrogen-bond acceptors (Lipinski definition) is 6. The van der Waals surface area contributed by atoms with Gasteiger partial charge in [-0.1, -0.05) is 41.9 Å². The van der Waals surface area contributed by atoms with Crippen molar-refractivity contribution in [2.45, 2.75) is 12.2 Å². The summed E-state index contributed by atoms with van der Waals surface area (Å²) < 4.78 is 39.2. The predicted octanol–water partition coefficient (Wildman–Crippen LogP) is 2.81. The number of ether oxygens (including phenoxy) is 2. The van der Waals surface area contributed by atoms with E-state index in [1.165, 1.54) is 7.11 Å². The molecule has 2 atom stereocenters. The summed E-state index contributed by atoms with van der Waals surface area (Å²) >= 11 is 5.95. The van der Waals surface area contributed by atoms with Crippen molar-refractivity contribution >= 4 is 21.7 Å². The summed E-state index contributed by atoms with van der Waals surface area (Å²) in [7, 11) is -2.33. The van der Waals surface area contributed by atoms with Crippen LogP contribution in [0.15, 0.2) is 48.5 Å². The van der Waals surface area contributed by atoms with E-state index in [2.05, 4.69) is 0 Å². The quantitative estimate of drug-likeness (QED) is 0.702. The molecule has 0 heterocycles. The lowest BCUT2D eigenvalue weighted by atomic mass is 10.0. The van der Waals surface area contributed by atoms with Gasteiger partial charge in [0.25, 0.3) is 10.1 Å². The zero-order valence-electron chi connectivity index (χ0n) is 13.8. The first-order chi connectivity index (χ1) is 11.8. The van der Waals surface area contributed by atoms with Gasteiger partial charge in [-0.3, -0.25) is 4.18 Å². The van der Waals surface area contributed by atoms with E-state index in [4.69, 9.17) is 25.3 Å². The summed E-state index contributed by atoms with van der Waals surface area (Å²) in [6, 6.07) is 13.7. The second-order valence-electron chi connectivity index (χ2n) is 5.27. The average molecular weight is 387 g/mol. The van der Waals surface area contributed by atoms with E-state index >= 15 is 0 Å². The summed E-state index contributed by atoms with van der Waals surface area (Å²) in [6.45, 7) is -0.553. The summed E-state index contributed by atoms with van der Waals surface area (Å²) in [6.07, 6.45) is -1.09. The highest BCUT2D eigenvalue weighted by atomic mass is 35.5. The van der Waals surface area contributed by atoms with Gasteiger partial charge >= 0.3 is 0 Å². The third kappa shape index (κ3) is 5.61. The van der Waals surface area contributed by atoms with Gasteiger partial charge in [0.15, 0.2) is 17.6 Å². The lowest BCUT2D eigenvalue weighted by Crippen LogP contribution is -2.32. The minimum Gasteiger partial charge on any atom is -0.493 e. The molecule has 25 heavy (non-hydrogen) atoms. The van der Waals surface area contributed by atoms with Crippen LogP contribution in [0.2, 0.25) is 5.02 Å². The van der Waals surface area contributed by atoms with Crippen molar-refractivity contribution in [2.75, 3.05) is 20.0 Å². The molecule has 0 aliphatic rings. The van der Waals surface area contributed by atoms with Crippen molar-refractivity contribution in [1.82, 2.24) is 0 Å². The molecule has 1 N–H and O–H groups in total. The number of hydrogen-bond donors (Lipinski definition) is 1. The molecular weight excluding hydrogens is 368 g/mol. The smallest absolute Gasteiger partial charge is 0.264 e. The van der Waals surface area contributed by atoms with Gasteiger partial charge in [-0.15, -0.1) is 0 Å². The van der Waals surface area contributed by atoms with Crippen LogP contribution in [0.5, 0.6) is 11.5 Å². The first-order valence-corrected chi connectivity index (χ1v) is 9.57. The molecule has 2 aromatic carbocycles. The van der Waals surface area contributed by atoms with Crippen molar-refractivity contribution in [2.24, 2.45) is 0 Å². The normalized spacial score (nSPS) is 13.9. The second-order valence-corrected chi connectivity index (χ2v) is 7.30. The fourth-order valence-corrected chi connectivity index (χ4v) is 3.05. The Bertz CT molecular complexity index is 794. The van der Waals surface area contributed by atoms with Crippen LogP contribution in [-0.4, -0.2) is 39.6 Å². The topological polar surface area (TPSA) is 82.1 Å². The van der Waals surface area contributed by atoms with Crippen molar-refractivity contribution in [3.05, 3.63) is 59.1 Å². The Morgan fingerprint density at radius 3 is 2.36 bits per heavy atom. The molecule has 2 rings (SSSR count). The molecule has 0 radical (unpaired) electrons. The zero-order valence-corrected chi connectivity index (χ0v) is 15.3. The van der Waals surface area contributed by atoms with Crippen LogP contribution in [0.3, 0.4) is 0 Å². The maximum atomic E-state index is 11.5. The van der Waals surface area contributed by atoms with E-state index in [0.29, 0.717) is 22.1 Å². The Kier molecular flexibility index (Phi) is 6.66. The van der Waals surface area contributed by atoms with Crippen LogP contribution in [0.4, 0.5) is 0 Å². The predicted molar refractivity (Wildman–Crippen MR) is 94.6 cm³/mol. The average Bonchev–Trinajstić information content (AvgIpc) is 2.58. The van der Waals surface area contributed by atoms with Crippen molar-refractivity contribution < 1.29 is 27.2 Å². The van der Waals surface area contributed by atoms with Gasteiger partial charge < -0.3 is 14.6 Å². The molecular formula is C17H19ClO6S. The molecule has 0 saturated carbocycles. The lowest BCUT2D eigenvalue weighted by molar-refractivity contribution is 0.0180. The maximum absolute atomic E-state index is 11.5. The number of rotatable bonds is 8. The lowest BCUT2D eigenvalue weighted by Gasteiger charge is -2.27. The molecule has 0 aliphatic heterocycles. The third-order valence-corrected chi connectivity index (χ3v) is 4.16. The highest BCUT2D eigenvalue weighted by molar-refractivity contribution is 7.86. The summed E-state index contributed by atoms with van der Waals surface area (Å²) in [5, 5.41) is 10.1. The molecule has 0 aliphatic carbocycles. The van der Waals surface area contributed by atoms with Crippen LogP contribution in [0, 0.1) is 0 Å². The molecule has 0 bridgehead atoms. The SMILES string of the molecule is COc1cc(Cl)ccc1OC(c1ccccc1)C(CO)OS(C)(=O)=O. The van der Waals surface area contributed by atoms with Gasteiger partial charge in [0.2, 0.25) is 0 Å². The number of aliphatic hydroxyl groups is 1. The van der Waals surface area contributed by atoms with Crippen LogP contribution in [0.1, 0.15) is 11.7 Å². The fraction of sp³-hybridized carbons (Fsp3) is 0.294. The Morgan fingerprint density at radius 2 is 1.80 bits per heavy atom. The van der Waals surface area contributed by atoms with E-state index < -0.39 is 28.9 Å². The largest absolute Gasteiger partial charge is 0.493 e. The standard InChI is InChI=1S/C17H19ClO6S/c1-22-15-10-13(18)8-9-14(15)23-17(12-6-4-3-5-7-12)16(11-19)24-25(2,20)21/h3-10,16-17,19H,11H2,1-2H3. The molecule has 0 amide bonds. The monoisotopic (exact) mass is 386 g/mol. The zero-order chi connectivity index (χ0) is 18.4. The molecule has 8 heteroatoms. The van der Waals surface area contributed by atoms with Crippen molar-refractivity contribution in [1.29, 1.82) is 0 Å². The Balaban J connectivity index is 2.42. The second kappa shape index (κ2) is 8.53. The Labute approximate surface area is 152 Å². The van der Waals surface area contributed by atoms with Gasteiger partial charge in [-0.2, -0.15) is 8.42 Å². The molecule has 2 aromatic rings. The van der Waals surface area contributed by atoms with Gasteiger partial charge in [0, 0.05) is 11.1 Å². The van der Waals surface area contributed by atoms with Gasteiger partial charge in [0.05, 0.1) is 20.0 Å². The fourth-order valence-electron chi connectivity index (χ4n) is 2.28. The molecule has 0 aromatic heterocycles. The minimum absolute atomic E-state index is 0.344. The minimum atomic E-state index is -3.80. The maximum Gasteiger partial charge on any atom is 0.264 e. The van der Waals surface area contributed by atoms with E-state index in [9.17, 15) is 13.5 Å². The molecule has 0 saturated heterocycles. The van der Waals surface area contributed by atoms with Crippen LogP contribution >= 0.6 is 11.6 Å². The first kappa shape index (κ1) is 19.5. The molecule has 136 valence electrons. The Hall–Kier alpha value is -1.80. The van der Waals surface area contributed by atoms with Crippen LogP contribution in [0.25, 0.3) is 0 Å². The Morgan fingerprint density at radius 1 is 1.12 bits per heavy atom. The highest BCUT2D eigenvalue weighted by Gasteiger charge is 2.29. The summed E-state index contributed by atoms with van der Waals surface area (Å²) in [5.41, 5.74) is 0.641. The van der Waals surface area contributed by atoms with Gasteiger partial charge in [-0.25, -0.2) is 0 Å². The van der Waals surface area contributed by atoms with Crippen LogP contribution in [-0.2, 0) is 14.3 Å².